The summed E-state index contributed by atoms with van der Waals surface area (Å²) < 4.78 is 13.8. The third-order valence-corrected chi connectivity index (χ3v) is 5.05. The fraction of sp³-hybridized carbons (Fsp3) is 0.450. The van der Waals surface area contributed by atoms with Crippen LogP contribution in [0.5, 0.6) is 0 Å². The Morgan fingerprint density at radius 2 is 2.00 bits per heavy atom. The Morgan fingerprint density at radius 3 is 2.79 bits per heavy atom. The first kappa shape index (κ1) is 20.4. The molecule has 0 aliphatic carbocycles. The van der Waals surface area contributed by atoms with Crippen LogP contribution < -0.4 is 9.62 Å². The van der Waals surface area contributed by atoms with Crippen LogP contribution in [0.15, 0.2) is 18.6 Å². The van der Waals surface area contributed by atoms with Crippen LogP contribution in [0.25, 0.3) is 0 Å². The van der Waals surface area contributed by atoms with Crippen molar-refractivity contribution in [1.82, 2.24) is 15.0 Å². The van der Waals surface area contributed by atoms with Gasteiger partial charge in [0.25, 0.3) is 0 Å². The van der Waals surface area contributed by atoms with Gasteiger partial charge in [0.05, 0.1) is 42.5 Å². The first-order valence-electron chi connectivity index (χ1n) is 9.18. The fourth-order valence-corrected chi connectivity index (χ4v) is 3.43. The van der Waals surface area contributed by atoms with Crippen LogP contribution in [-0.4, -0.2) is 60.7 Å². The van der Waals surface area contributed by atoms with Crippen LogP contribution in [0.2, 0.25) is 0 Å². The zero-order valence-electron chi connectivity index (χ0n) is 16.5. The van der Waals surface area contributed by atoms with Gasteiger partial charge in [0.2, 0.25) is 0 Å². The number of rotatable bonds is 6. The molecule has 0 spiro atoms. The van der Waals surface area contributed by atoms with Gasteiger partial charge >= 0.3 is 0 Å². The van der Waals surface area contributed by atoms with Crippen molar-refractivity contribution in [2.24, 2.45) is 0 Å². The van der Waals surface area contributed by atoms with Gasteiger partial charge in [-0.1, -0.05) is 23.8 Å². The number of hydrogen-bond acceptors (Lipinski definition) is 8. The average Bonchev–Trinajstić information content (AvgIpc) is 2.72. The normalized spacial score (nSPS) is 13.8. The Hall–Kier alpha value is -2.34. The lowest BCUT2D eigenvalue weighted by atomic mass is 10.1. The molecule has 1 saturated heterocycles. The lowest BCUT2D eigenvalue weighted by Crippen LogP contribution is -2.37. The van der Waals surface area contributed by atoms with Gasteiger partial charge in [-0.15, -0.1) is 0 Å². The molecule has 2 aromatic heterocycles. The van der Waals surface area contributed by atoms with E-state index in [0.29, 0.717) is 19.8 Å². The largest absolute Gasteiger partial charge is 0.384 e. The second-order valence-corrected chi connectivity index (χ2v) is 7.21. The van der Waals surface area contributed by atoms with Crippen LogP contribution in [0.4, 0.5) is 11.5 Å². The molecule has 0 bridgehead atoms. The Labute approximate surface area is 170 Å². The number of nitrogens with one attached hydrogen (secondary N) is 1. The molecule has 0 unspecified atom stereocenters. The molecule has 1 aliphatic heterocycles. The number of pyridine rings is 1. The van der Waals surface area contributed by atoms with Crippen LogP contribution in [-0.2, 0) is 9.47 Å². The van der Waals surface area contributed by atoms with E-state index in [-0.39, 0.29) is 0 Å². The molecule has 3 heterocycles. The monoisotopic (exact) mass is 399 g/mol. The third-order valence-electron chi connectivity index (χ3n) is 4.32. The van der Waals surface area contributed by atoms with Gasteiger partial charge in [-0.25, -0.2) is 9.97 Å². The second kappa shape index (κ2) is 10.3. The van der Waals surface area contributed by atoms with Crippen molar-refractivity contribution in [2.75, 3.05) is 55.4 Å². The number of aryl methyl sites for hydroxylation is 2. The van der Waals surface area contributed by atoms with Crippen molar-refractivity contribution >= 4 is 23.5 Å². The highest BCUT2D eigenvalue weighted by Gasteiger charge is 2.17. The second-order valence-electron chi connectivity index (χ2n) is 6.31. The molecule has 0 aromatic carbocycles. The Bertz CT molecular complexity index is 859. The Morgan fingerprint density at radius 1 is 1.18 bits per heavy atom. The van der Waals surface area contributed by atoms with Crippen molar-refractivity contribution in [3.8, 4) is 11.8 Å². The van der Waals surface area contributed by atoms with Crippen molar-refractivity contribution in [3.05, 3.63) is 41.1 Å². The minimum absolute atomic E-state index is 0.696. The van der Waals surface area contributed by atoms with Crippen LogP contribution in [0, 0.1) is 25.7 Å². The molecular weight excluding hydrogens is 374 g/mol. The van der Waals surface area contributed by atoms with E-state index in [4.69, 9.17) is 9.47 Å². The van der Waals surface area contributed by atoms with E-state index in [1.807, 2.05) is 19.9 Å². The molecular formula is C20H25N5O2S. The van der Waals surface area contributed by atoms with Gasteiger partial charge in [-0.05, 0) is 19.9 Å². The van der Waals surface area contributed by atoms with Gasteiger partial charge in [0.1, 0.15) is 12.1 Å². The number of aromatic nitrogens is 3. The maximum atomic E-state index is 5.45. The molecule has 1 N–H and O–H groups in total. The molecule has 148 valence electrons. The molecule has 8 heteroatoms. The highest BCUT2D eigenvalue weighted by molar-refractivity contribution is 8.00. The van der Waals surface area contributed by atoms with E-state index in [9.17, 15) is 0 Å². The van der Waals surface area contributed by atoms with Gasteiger partial charge in [-0.2, -0.15) is 0 Å². The topological polar surface area (TPSA) is 72.4 Å². The Kier molecular flexibility index (Phi) is 7.48. The first-order valence-corrected chi connectivity index (χ1v) is 10.2. The van der Waals surface area contributed by atoms with E-state index in [1.54, 1.807) is 31.6 Å². The number of morpholine rings is 1. The van der Waals surface area contributed by atoms with E-state index < -0.39 is 0 Å². The summed E-state index contributed by atoms with van der Waals surface area (Å²) in [4.78, 5) is 15.5. The summed E-state index contributed by atoms with van der Waals surface area (Å²) in [7, 11) is 1.70. The fourth-order valence-electron chi connectivity index (χ4n) is 2.72. The number of hydrogen-bond donors (Lipinski definition) is 1. The van der Waals surface area contributed by atoms with E-state index in [0.717, 1.165) is 52.9 Å². The van der Waals surface area contributed by atoms with Crippen LogP contribution >= 0.6 is 11.9 Å². The highest BCUT2D eigenvalue weighted by atomic mass is 32.2. The Balaban J connectivity index is 1.81. The summed E-state index contributed by atoms with van der Waals surface area (Å²) >= 11 is 1.59. The van der Waals surface area contributed by atoms with Gasteiger partial charge < -0.3 is 19.1 Å². The summed E-state index contributed by atoms with van der Waals surface area (Å²) in [5.74, 6) is 8.22. The molecule has 1 aliphatic rings. The molecule has 3 rings (SSSR count). The number of methoxy groups -OCH3 is 1. The number of nitrogens with zero attached hydrogens (tertiary/aromatic N) is 4. The quantitative estimate of drug-likeness (QED) is 0.451. The first-order chi connectivity index (χ1) is 13.7. The highest BCUT2D eigenvalue weighted by Crippen LogP contribution is 2.21. The smallest absolute Gasteiger partial charge is 0.148 e. The van der Waals surface area contributed by atoms with Crippen LogP contribution in [0.3, 0.4) is 0 Å². The van der Waals surface area contributed by atoms with Gasteiger partial charge in [0, 0.05) is 37.7 Å². The average molecular weight is 400 g/mol. The molecule has 0 radical (unpaired) electrons. The standard InChI is InChI=1S/C20H25N5O2S/c1-15-18(20(23-14-22-15)25-6-8-27-9-7-25)5-4-17-12-19(16(2)21-13-17)24-28-11-10-26-3/h12-14,24H,6-11H2,1-3H3. The number of ether oxygens (including phenoxy) is 2. The maximum Gasteiger partial charge on any atom is 0.148 e. The lowest BCUT2D eigenvalue weighted by molar-refractivity contribution is 0.122. The summed E-state index contributed by atoms with van der Waals surface area (Å²) in [6.45, 7) is 7.65. The minimum Gasteiger partial charge on any atom is -0.384 e. The lowest BCUT2D eigenvalue weighted by Gasteiger charge is -2.28. The molecule has 2 aromatic rings. The van der Waals surface area contributed by atoms with Crippen molar-refractivity contribution in [2.45, 2.75) is 13.8 Å². The third kappa shape index (κ3) is 5.35. The molecule has 0 amide bonds. The van der Waals surface area contributed by atoms with Crippen molar-refractivity contribution in [1.29, 1.82) is 0 Å². The molecule has 0 saturated carbocycles. The van der Waals surface area contributed by atoms with Gasteiger partial charge in [0.15, 0.2) is 0 Å². The molecule has 28 heavy (non-hydrogen) atoms. The zero-order valence-corrected chi connectivity index (χ0v) is 17.3. The summed E-state index contributed by atoms with van der Waals surface area (Å²) in [5, 5.41) is 0. The van der Waals surface area contributed by atoms with Crippen molar-refractivity contribution < 1.29 is 9.47 Å². The predicted octanol–water partition coefficient (Wildman–Crippen LogP) is 2.43. The zero-order chi connectivity index (χ0) is 19.8. The van der Waals surface area contributed by atoms with Crippen molar-refractivity contribution in [3.63, 3.8) is 0 Å². The van der Waals surface area contributed by atoms with E-state index in [2.05, 4.69) is 36.4 Å². The van der Waals surface area contributed by atoms with E-state index >= 15 is 0 Å². The summed E-state index contributed by atoms with van der Waals surface area (Å²) in [6, 6.07) is 2.02. The minimum atomic E-state index is 0.696. The van der Waals surface area contributed by atoms with E-state index in [1.165, 1.54) is 0 Å². The molecule has 1 fully saturated rings. The molecule has 0 atom stereocenters. The SMILES string of the molecule is COCCSNc1cc(C#Cc2c(C)ncnc2N2CCOCC2)cnc1C. The maximum absolute atomic E-state index is 5.45. The number of anilines is 2. The molecule has 7 nitrogen and oxygen atoms in total. The van der Waals surface area contributed by atoms with Gasteiger partial charge in [-0.3, -0.25) is 4.98 Å². The van der Waals surface area contributed by atoms with Crippen LogP contribution in [0.1, 0.15) is 22.5 Å². The summed E-state index contributed by atoms with van der Waals surface area (Å²) in [5.41, 5.74) is 4.47. The predicted molar refractivity (Wildman–Crippen MR) is 113 cm³/mol. The summed E-state index contributed by atoms with van der Waals surface area (Å²) in [6.07, 6.45) is 3.39.